The average molecular weight is 417 g/mol. The molecule has 1 nitrogen and oxygen atoms in total. The van der Waals surface area contributed by atoms with E-state index < -0.39 is 0 Å². The zero-order chi connectivity index (χ0) is 21.1. The highest BCUT2D eigenvalue weighted by Crippen LogP contribution is 2.65. The Morgan fingerprint density at radius 3 is 2.32 bits per heavy atom. The smallest absolute Gasteiger partial charge is 0.122 e. The Kier molecular flexibility index (Phi) is 3.85. The molecule has 1 heteroatoms. The summed E-state index contributed by atoms with van der Waals surface area (Å²) in [6.45, 7) is 9.27. The van der Waals surface area contributed by atoms with Crippen molar-refractivity contribution in [3.8, 4) is 5.75 Å². The Hall–Kier alpha value is -1.24. The summed E-state index contributed by atoms with van der Waals surface area (Å²) in [4.78, 5) is 0. The van der Waals surface area contributed by atoms with E-state index in [1.54, 1.807) is 5.56 Å². The second-order valence-electron chi connectivity index (χ2n) is 13.2. The van der Waals surface area contributed by atoms with Gasteiger partial charge in [-0.05, 0) is 147 Å². The molecule has 1 aromatic carbocycles. The van der Waals surface area contributed by atoms with Gasteiger partial charge in [0.05, 0.1) is 0 Å². The van der Waals surface area contributed by atoms with Crippen LogP contribution in [0.2, 0.25) is 0 Å². The summed E-state index contributed by atoms with van der Waals surface area (Å²) in [6, 6.07) is 2.59. The lowest BCUT2D eigenvalue weighted by molar-refractivity contribution is -0.00633. The second kappa shape index (κ2) is 6.21. The number of allylic oxidation sites excluding steroid dienone is 1. The minimum Gasteiger partial charge on any atom is -0.507 e. The fourth-order valence-corrected chi connectivity index (χ4v) is 10.7. The van der Waals surface area contributed by atoms with Crippen molar-refractivity contribution in [2.75, 3.05) is 0 Å². The molecule has 7 aliphatic rings. The molecule has 1 N–H and O–H groups in total. The van der Waals surface area contributed by atoms with Crippen LogP contribution in [0, 0.1) is 41.9 Å². The fraction of sp³-hybridized carbons (Fsp3) is 0.733. The molecule has 0 radical (unpaired) electrons. The maximum absolute atomic E-state index is 11.5. The number of phenols is 1. The first-order valence-electron chi connectivity index (χ1n) is 13.4. The van der Waals surface area contributed by atoms with Gasteiger partial charge < -0.3 is 5.11 Å². The first kappa shape index (κ1) is 19.2. The van der Waals surface area contributed by atoms with E-state index in [4.69, 9.17) is 0 Å². The Bertz CT molecular complexity index is 934. The first-order chi connectivity index (χ1) is 14.9. The molecule has 0 amide bonds. The summed E-state index contributed by atoms with van der Waals surface area (Å²) < 4.78 is 0. The highest BCUT2D eigenvalue weighted by molar-refractivity contribution is 5.55. The SMILES string of the molecule is C=C1CC[C@H]2[C@@H]3CCc4c(cc(C56CC7CC(CC(C7)C5)C6)c(O)c4C)[C@H]3CC[C@]12C. The van der Waals surface area contributed by atoms with Gasteiger partial charge in [-0.2, -0.15) is 0 Å². The molecule has 4 atom stereocenters. The molecule has 0 spiro atoms. The van der Waals surface area contributed by atoms with Gasteiger partial charge in [0.15, 0.2) is 0 Å². The molecule has 0 unspecified atom stereocenters. The Balaban J connectivity index is 1.32. The molecule has 0 aliphatic heterocycles. The highest BCUT2D eigenvalue weighted by atomic mass is 16.3. The molecular formula is C30H40O. The quantitative estimate of drug-likeness (QED) is 0.468. The number of hydrogen-bond acceptors (Lipinski definition) is 1. The van der Waals surface area contributed by atoms with Crippen molar-refractivity contribution in [2.24, 2.45) is 35.0 Å². The van der Waals surface area contributed by atoms with Crippen molar-refractivity contribution in [1.82, 2.24) is 0 Å². The minimum absolute atomic E-state index is 0.288. The maximum Gasteiger partial charge on any atom is 0.122 e. The summed E-state index contributed by atoms with van der Waals surface area (Å²) in [5, 5.41) is 11.5. The highest BCUT2D eigenvalue weighted by Gasteiger charge is 2.55. The molecule has 31 heavy (non-hydrogen) atoms. The van der Waals surface area contributed by atoms with E-state index in [1.165, 1.54) is 99.3 Å². The topological polar surface area (TPSA) is 20.2 Å². The molecule has 0 saturated heterocycles. The van der Waals surface area contributed by atoms with E-state index in [2.05, 4.69) is 26.5 Å². The summed E-state index contributed by atoms with van der Waals surface area (Å²) in [5.41, 5.74) is 8.03. The largest absolute Gasteiger partial charge is 0.507 e. The fourth-order valence-electron chi connectivity index (χ4n) is 10.7. The molecule has 1 aromatic rings. The Labute approximate surface area is 188 Å². The van der Waals surface area contributed by atoms with Gasteiger partial charge in [0.1, 0.15) is 5.75 Å². The van der Waals surface area contributed by atoms with Crippen LogP contribution in [0.1, 0.15) is 106 Å². The molecule has 6 fully saturated rings. The standard InChI is InChI=1S/C30H40O/c1-17-4-7-26-24-6-5-22-18(2)28(31)27(13-25(22)23(24)8-9-29(17,26)3)30-14-19-10-20(15-30)12-21(11-19)16-30/h13,19-21,23-24,26,31H,1,4-12,14-16H2,2-3H3/t19?,20?,21?,23-,24+,26-,29+,30?/m0/s1. The molecule has 0 heterocycles. The number of phenolic OH excluding ortho intramolecular Hbond substituents is 1. The van der Waals surface area contributed by atoms with Crippen molar-refractivity contribution in [3.05, 3.63) is 40.5 Å². The number of rotatable bonds is 1. The molecule has 0 aromatic heterocycles. The predicted octanol–water partition coefficient (Wildman–Crippen LogP) is 7.58. The van der Waals surface area contributed by atoms with Gasteiger partial charge in [0, 0.05) is 5.56 Å². The molecule has 6 saturated carbocycles. The van der Waals surface area contributed by atoms with Gasteiger partial charge in [0.25, 0.3) is 0 Å². The van der Waals surface area contributed by atoms with Crippen LogP contribution in [-0.2, 0) is 11.8 Å². The summed E-state index contributed by atoms with van der Waals surface area (Å²) >= 11 is 0. The predicted molar refractivity (Wildman–Crippen MR) is 126 cm³/mol. The van der Waals surface area contributed by atoms with Gasteiger partial charge >= 0.3 is 0 Å². The lowest BCUT2D eigenvalue weighted by Gasteiger charge is -2.57. The van der Waals surface area contributed by atoms with E-state index in [9.17, 15) is 5.11 Å². The van der Waals surface area contributed by atoms with Crippen LogP contribution in [0.3, 0.4) is 0 Å². The van der Waals surface area contributed by atoms with E-state index in [-0.39, 0.29) is 5.41 Å². The third-order valence-electron chi connectivity index (χ3n) is 11.8. The first-order valence-corrected chi connectivity index (χ1v) is 13.4. The van der Waals surface area contributed by atoms with Crippen LogP contribution in [0.4, 0.5) is 0 Å². The number of benzene rings is 1. The lowest BCUT2D eigenvalue weighted by Crippen LogP contribution is -2.48. The summed E-state index contributed by atoms with van der Waals surface area (Å²) in [6.07, 6.45) is 16.2. The average Bonchev–Trinajstić information content (AvgIpc) is 3.04. The van der Waals surface area contributed by atoms with Crippen molar-refractivity contribution in [2.45, 2.75) is 102 Å². The van der Waals surface area contributed by atoms with Gasteiger partial charge in [-0.15, -0.1) is 0 Å². The van der Waals surface area contributed by atoms with Crippen molar-refractivity contribution < 1.29 is 5.11 Å². The van der Waals surface area contributed by atoms with Crippen LogP contribution >= 0.6 is 0 Å². The van der Waals surface area contributed by atoms with E-state index >= 15 is 0 Å². The van der Waals surface area contributed by atoms with Crippen LogP contribution in [0.5, 0.6) is 5.75 Å². The van der Waals surface area contributed by atoms with E-state index in [0.29, 0.717) is 11.2 Å². The second-order valence-corrected chi connectivity index (χ2v) is 13.2. The Morgan fingerprint density at radius 1 is 0.968 bits per heavy atom. The molecule has 4 bridgehead atoms. The summed E-state index contributed by atoms with van der Waals surface area (Å²) in [7, 11) is 0. The van der Waals surface area contributed by atoms with Gasteiger partial charge in [-0.25, -0.2) is 0 Å². The molecular weight excluding hydrogens is 376 g/mol. The van der Waals surface area contributed by atoms with Crippen molar-refractivity contribution in [3.63, 3.8) is 0 Å². The van der Waals surface area contributed by atoms with Crippen LogP contribution in [0.15, 0.2) is 18.2 Å². The molecule has 7 aliphatic carbocycles. The third-order valence-corrected chi connectivity index (χ3v) is 11.8. The minimum atomic E-state index is 0.288. The molecule has 8 rings (SSSR count). The van der Waals surface area contributed by atoms with Crippen LogP contribution < -0.4 is 0 Å². The van der Waals surface area contributed by atoms with Gasteiger partial charge in [0.2, 0.25) is 0 Å². The summed E-state index contributed by atoms with van der Waals surface area (Å²) in [5.74, 6) is 5.86. The maximum atomic E-state index is 11.5. The third kappa shape index (κ3) is 2.45. The van der Waals surface area contributed by atoms with Gasteiger partial charge in [-0.3, -0.25) is 0 Å². The lowest BCUT2D eigenvalue weighted by atomic mass is 9.47. The molecule has 166 valence electrons. The van der Waals surface area contributed by atoms with E-state index in [0.717, 1.165) is 35.5 Å². The monoisotopic (exact) mass is 416 g/mol. The van der Waals surface area contributed by atoms with Crippen molar-refractivity contribution in [1.29, 1.82) is 0 Å². The van der Waals surface area contributed by atoms with Crippen LogP contribution in [-0.4, -0.2) is 5.11 Å². The number of aromatic hydroxyl groups is 1. The van der Waals surface area contributed by atoms with Crippen molar-refractivity contribution >= 4 is 0 Å². The van der Waals surface area contributed by atoms with Gasteiger partial charge in [-0.1, -0.05) is 25.1 Å². The normalized spacial score (nSPS) is 47.2. The van der Waals surface area contributed by atoms with Crippen LogP contribution in [0.25, 0.3) is 0 Å². The zero-order valence-electron chi connectivity index (χ0n) is 19.7. The number of fused-ring (bicyclic) bond motifs is 5. The van der Waals surface area contributed by atoms with E-state index in [1.807, 2.05) is 0 Å². The zero-order valence-corrected chi connectivity index (χ0v) is 19.7. The Morgan fingerprint density at radius 2 is 1.65 bits per heavy atom. The number of hydrogen-bond donors (Lipinski definition) is 1.